The Morgan fingerprint density at radius 1 is 1.67 bits per heavy atom. The van der Waals surface area contributed by atoms with E-state index in [1.54, 1.807) is 34.3 Å². The molecule has 0 aliphatic heterocycles. The standard InChI is InChI=1S/C7H7IN2OS/c1-6(10-12(8)11)7-4-2-3-5-9-7/h2-5H,1H3/b10-6-/t12-/m1/s1. The van der Waals surface area contributed by atoms with E-state index >= 15 is 0 Å². The van der Waals surface area contributed by atoms with Crippen molar-refractivity contribution in [1.29, 1.82) is 0 Å². The van der Waals surface area contributed by atoms with Crippen molar-refractivity contribution in [2.45, 2.75) is 6.92 Å². The molecule has 0 aromatic carbocycles. The number of aromatic nitrogens is 1. The fourth-order valence-corrected chi connectivity index (χ4v) is 1.93. The summed E-state index contributed by atoms with van der Waals surface area (Å²) in [6.07, 6.45) is 1.68. The molecule has 0 fully saturated rings. The van der Waals surface area contributed by atoms with Crippen LogP contribution in [0.4, 0.5) is 0 Å². The van der Waals surface area contributed by atoms with Crippen molar-refractivity contribution in [3.8, 4) is 0 Å². The maximum absolute atomic E-state index is 10.7. The first-order valence-corrected chi connectivity index (χ1v) is 6.90. The van der Waals surface area contributed by atoms with Crippen LogP contribution in [-0.4, -0.2) is 14.9 Å². The fourth-order valence-electron chi connectivity index (χ4n) is 0.731. The normalized spacial score (nSPS) is 14.3. The molecule has 3 nitrogen and oxygen atoms in total. The summed E-state index contributed by atoms with van der Waals surface area (Å²) in [5, 5.41) is 0. The van der Waals surface area contributed by atoms with Crippen LogP contribution in [0.2, 0.25) is 0 Å². The molecule has 0 spiro atoms. The molecule has 0 bridgehead atoms. The lowest BCUT2D eigenvalue weighted by Crippen LogP contribution is -1.97. The molecule has 5 heteroatoms. The van der Waals surface area contributed by atoms with E-state index in [2.05, 4.69) is 9.38 Å². The molecule has 0 radical (unpaired) electrons. The monoisotopic (exact) mass is 294 g/mol. The molecule has 0 aliphatic rings. The van der Waals surface area contributed by atoms with E-state index in [0.717, 1.165) is 5.69 Å². The molecule has 0 N–H and O–H groups in total. The summed E-state index contributed by atoms with van der Waals surface area (Å²) in [5.74, 6) is 0. The maximum Gasteiger partial charge on any atom is 0.203 e. The van der Waals surface area contributed by atoms with Gasteiger partial charge in [0.05, 0.1) is 32.6 Å². The average Bonchev–Trinajstić information content (AvgIpc) is 2.05. The van der Waals surface area contributed by atoms with Gasteiger partial charge in [0.2, 0.25) is 8.16 Å². The first-order chi connectivity index (χ1) is 5.70. The third kappa shape index (κ3) is 2.98. The van der Waals surface area contributed by atoms with Gasteiger partial charge >= 0.3 is 0 Å². The Morgan fingerprint density at radius 3 is 2.92 bits per heavy atom. The number of halogens is 1. The summed E-state index contributed by atoms with van der Waals surface area (Å²) in [7, 11) is -1.18. The SMILES string of the molecule is C/C(=N/[S@](=O)I)c1ccccn1. The van der Waals surface area contributed by atoms with Crippen molar-refractivity contribution >= 4 is 35.1 Å². The van der Waals surface area contributed by atoms with Gasteiger partial charge in [0.15, 0.2) is 0 Å². The van der Waals surface area contributed by atoms with Crippen molar-refractivity contribution in [2.75, 3.05) is 0 Å². The lowest BCUT2D eigenvalue weighted by molar-refractivity contribution is 0.694. The molecule has 1 aromatic heterocycles. The second kappa shape index (κ2) is 4.66. The Bertz CT molecular complexity index is 312. The van der Waals surface area contributed by atoms with Crippen LogP contribution in [0.1, 0.15) is 12.6 Å². The second-order valence-corrected chi connectivity index (χ2v) is 4.95. The molecule has 1 aromatic rings. The fraction of sp³-hybridized carbons (Fsp3) is 0.143. The van der Waals surface area contributed by atoms with Crippen LogP contribution >= 0.6 is 21.2 Å². The maximum atomic E-state index is 10.7. The van der Waals surface area contributed by atoms with Crippen LogP contribution < -0.4 is 0 Å². The van der Waals surface area contributed by atoms with Crippen LogP contribution in [0.3, 0.4) is 0 Å². The number of rotatable bonds is 2. The van der Waals surface area contributed by atoms with E-state index < -0.39 is 8.16 Å². The van der Waals surface area contributed by atoms with Crippen molar-refractivity contribution < 1.29 is 4.21 Å². The Hall–Kier alpha value is -0.300. The van der Waals surface area contributed by atoms with E-state index in [4.69, 9.17) is 0 Å². The molecule has 12 heavy (non-hydrogen) atoms. The summed E-state index contributed by atoms with van der Waals surface area (Å²) in [6.45, 7) is 1.79. The van der Waals surface area contributed by atoms with Gasteiger partial charge in [0.25, 0.3) is 0 Å². The Labute approximate surface area is 85.5 Å². The zero-order valence-corrected chi connectivity index (χ0v) is 9.37. The van der Waals surface area contributed by atoms with E-state index in [1.165, 1.54) is 0 Å². The molecule has 0 aliphatic carbocycles. The Kier molecular flexibility index (Phi) is 3.80. The highest BCUT2D eigenvalue weighted by atomic mass is 127. The van der Waals surface area contributed by atoms with Gasteiger partial charge in [0.1, 0.15) is 0 Å². The smallest absolute Gasteiger partial charge is 0.203 e. The first-order valence-electron chi connectivity index (χ1n) is 3.25. The summed E-state index contributed by atoms with van der Waals surface area (Å²) < 4.78 is 14.6. The third-order valence-corrected chi connectivity index (χ3v) is 2.25. The lowest BCUT2D eigenvalue weighted by Gasteiger charge is -1.95. The quantitative estimate of drug-likeness (QED) is 0.475. The van der Waals surface area contributed by atoms with Crippen LogP contribution in [0, 0.1) is 0 Å². The van der Waals surface area contributed by atoms with Crippen LogP contribution in [0.25, 0.3) is 0 Å². The molecule has 0 saturated carbocycles. The zero-order chi connectivity index (χ0) is 8.97. The number of nitrogens with zero attached hydrogens (tertiary/aromatic N) is 2. The first kappa shape index (κ1) is 9.79. The van der Waals surface area contributed by atoms with Crippen molar-refractivity contribution in [3.05, 3.63) is 30.1 Å². The number of pyridine rings is 1. The van der Waals surface area contributed by atoms with Gasteiger partial charge < -0.3 is 0 Å². The minimum absolute atomic E-state index is 0.698. The summed E-state index contributed by atoms with van der Waals surface area (Å²) in [4.78, 5) is 4.06. The Balaban J connectivity index is 2.93. The molecule has 0 amide bonds. The minimum Gasteiger partial charge on any atom is -0.255 e. The van der Waals surface area contributed by atoms with Gasteiger partial charge in [-0.2, -0.15) is 4.40 Å². The van der Waals surface area contributed by atoms with Gasteiger partial charge in [-0.1, -0.05) is 6.07 Å². The van der Waals surface area contributed by atoms with Gasteiger partial charge in [0, 0.05) is 6.20 Å². The zero-order valence-electron chi connectivity index (χ0n) is 6.40. The van der Waals surface area contributed by atoms with Crippen LogP contribution in [0.5, 0.6) is 0 Å². The van der Waals surface area contributed by atoms with E-state index in [-0.39, 0.29) is 0 Å². The Morgan fingerprint density at radius 2 is 2.42 bits per heavy atom. The summed E-state index contributed by atoms with van der Waals surface area (Å²) in [5.41, 5.74) is 1.46. The lowest BCUT2D eigenvalue weighted by atomic mass is 10.3. The second-order valence-electron chi connectivity index (χ2n) is 2.10. The van der Waals surface area contributed by atoms with Gasteiger partial charge in [-0.05, 0) is 19.1 Å². The molecule has 1 atom stereocenters. The predicted octanol–water partition coefficient (Wildman–Crippen LogP) is 1.90. The molecule has 1 rings (SSSR count). The van der Waals surface area contributed by atoms with Crippen LogP contribution in [0.15, 0.2) is 28.8 Å². The third-order valence-electron chi connectivity index (χ3n) is 1.24. The van der Waals surface area contributed by atoms with E-state index in [1.807, 2.05) is 18.2 Å². The molecule has 0 unspecified atom stereocenters. The minimum atomic E-state index is -1.18. The molecular weight excluding hydrogens is 287 g/mol. The predicted molar refractivity (Wildman–Crippen MR) is 58.6 cm³/mol. The van der Waals surface area contributed by atoms with Crippen LogP contribution in [-0.2, 0) is 8.16 Å². The van der Waals surface area contributed by atoms with E-state index in [9.17, 15) is 4.21 Å². The summed E-state index contributed by atoms with van der Waals surface area (Å²) in [6, 6.07) is 5.54. The average molecular weight is 294 g/mol. The highest BCUT2D eigenvalue weighted by molar-refractivity contribution is 14.2. The molecular formula is C7H7IN2OS. The van der Waals surface area contributed by atoms with Crippen molar-refractivity contribution in [3.63, 3.8) is 0 Å². The van der Waals surface area contributed by atoms with Gasteiger partial charge in [-0.15, -0.1) is 0 Å². The van der Waals surface area contributed by atoms with Crippen molar-refractivity contribution in [1.82, 2.24) is 4.98 Å². The largest absolute Gasteiger partial charge is 0.255 e. The summed E-state index contributed by atoms with van der Waals surface area (Å²) >= 11 is 1.74. The molecule has 1 heterocycles. The number of hydrogen-bond acceptors (Lipinski definition) is 2. The topological polar surface area (TPSA) is 42.3 Å². The number of hydrogen-bond donors (Lipinski definition) is 0. The highest BCUT2D eigenvalue weighted by Gasteiger charge is 1.97. The van der Waals surface area contributed by atoms with Crippen molar-refractivity contribution in [2.24, 2.45) is 4.40 Å². The van der Waals surface area contributed by atoms with Gasteiger partial charge in [-0.3, -0.25) is 4.98 Å². The van der Waals surface area contributed by atoms with E-state index in [0.29, 0.717) is 5.71 Å². The molecule has 64 valence electrons. The van der Waals surface area contributed by atoms with Gasteiger partial charge in [-0.25, -0.2) is 4.21 Å². The molecule has 0 saturated heterocycles. The highest BCUT2D eigenvalue weighted by Crippen LogP contribution is 2.01.